The van der Waals surface area contributed by atoms with Crippen LogP contribution in [-0.4, -0.2) is 27.1 Å². The van der Waals surface area contributed by atoms with Gasteiger partial charge < -0.3 is 15.5 Å². The lowest BCUT2D eigenvalue weighted by atomic mass is 10.1. The topological polar surface area (TPSA) is 76.8 Å². The molecule has 0 aromatic carbocycles. The van der Waals surface area contributed by atoms with Crippen LogP contribution in [0.3, 0.4) is 0 Å². The molecule has 0 saturated heterocycles. The SMILES string of the molecule is NC1(COc2cnc(-c3c[nH]c4ncccc34)c(F)c2)CC1. The summed E-state index contributed by atoms with van der Waals surface area (Å²) in [4.78, 5) is 11.4. The lowest BCUT2D eigenvalue weighted by molar-refractivity contribution is 0.277. The van der Waals surface area contributed by atoms with Crippen LogP contribution in [0.15, 0.2) is 36.8 Å². The molecule has 3 heterocycles. The summed E-state index contributed by atoms with van der Waals surface area (Å²) in [5.74, 6) is -0.0277. The van der Waals surface area contributed by atoms with Crippen molar-refractivity contribution in [3.63, 3.8) is 0 Å². The highest BCUT2D eigenvalue weighted by Gasteiger charge is 2.39. The molecule has 112 valence electrons. The number of nitrogens with zero attached hydrogens (tertiary/aromatic N) is 2. The van der Waals surface area contributed by atoms with Crippen molar-refractivity contribution in [1.82, 2.24) is 15.0 Å². The standard InChI is InChI=1S/C16H15FN4O/c17-13-6-10(22-9-16(18)3-4-16)7-20-14(13)12-8-21-15-11(12)2-1-5-19-15/h1-2,5-8H,3-4,9,18H2,(H,19,21). The second-order valence-corrected chi connectivity index (χ2v) is 5.75. The van der Waals surface area contributed by atoms with Crippen LogP contribution in [0.4, 0.5) is 4.39 Å². The number of ether oxygens (including phenoxy) is 1. The maximum Gasteiger partial charge on any atom is 0.153 e. The highest BCUT2D eigenvalue weighted by molar-refractivity contribution is 5.92. The smallest absolute Gasteiger partial charge is 0.153 e. The third-order valence-electron chi connectivity index (χ3n) is 3.94. The van der Waals surface area contributed by atoms with Crippen LogP contribution in [0.5, 0.6) is 5.75 Å². The van der Waals surface area contributed by atoms with E-state index in [2.05, 4.69) is 15.0 Å². The molecule has 0 amide bonds. The molecule has 3 N–H and O–H groups in total. The Morgan fingerprint density at radius 2 is 2.23 bits per heavy atom. The molecule has 0 atom stereocenters. The van der Waals surface area contributed by atoms with Gasteiger partial charge in [-0.3, -0.25) is 0 Å². The van der Waals surface area contributed by atoms with E-state index >= 15 is 0 Å². The monoisotopic (exact) mass is 298 g/mol. The normalized spacial score (nSPS) is 15.9. The summed E-state index contributed by atoms with van der Waals surface area (Å²) in [6, 6.07) is 5.04. The summed E-state index contributed by atoms with van der Waals surface area (Å²) in [6.07, 6.45) is 6.82. The first-order valence-electron chi connectivity index (χ1n) is 7.14. The number of aromatic amines is 1. The summed E-state index contributed by atoms with van der Waals surface area (Å²) < 4.78 is 19.9. The minimum absolute atomic E-state index is 0.238. The van der Waals surface area contributed by atoms with Gasteiger partial charge in [0.25, 0.3) is 0 Å². The summed E-state index contributed by atoms with van der Waals surface area (Å²) in [5, 5.41) is 0.835. The lowest BCUT2D eigenvalue weighted by Crippen LogP contribution is -2.29. The number of fused-ring (bicyclic) bond motifs is 1. The van der Waals surface area contributed by atoms with E-state index in [0.29, 0.717) is 23.6 Å². The van der Waals surface area contributed by atoms with Crippen LogP contribution in [0.1, 0.15) is 12.8 Å². The van der Waals surface area contributed by atoms with E-state index in [1.54, 1.807) is 12.4 Å². The maximum atomic E-state index is 14.4. The number of H-pyrrole nitrogens is 1. The van der Waals surface area contributed by atoms with Gasteiger partial charge in [-0.25, -0.2) is 14.4 Å². The molecule has 22 heavy (non-hydrogen) atoms. The number of nitrogens with two attached hydrogens (primary N) is 1. The molecular weight excluding hydrogens is 283 g/mol. The van der Waals surface area contributed by atoms with Gasteiger partial charge in [-0.1, -0.05) is 0 Å². The summed E-state index contributed by atoms with van der Waals surface area (Å²) in [5.41, 5.74) is 7.38. The van der Waals surface area contributed by atoms with Crippen LogP contribution in [-0.2, 0) is 0 Å². The molecule has 3 aromatic heterocycles. The first kappa shape index (κ1) is 13.2. The molecule has 0 unspecified atom stereocenters. The Balaban J connectivity index is 1.64. The predicted octanol–water partition coefficient (Wildman–Crippen LogP) is 2.63. The first-order chi connectivity index (χ1) is 10.6. The van der Waals surface area contributed by atoms with Gasteiger partial charge in [-0.2, -0.15) is 0 Å². The zero-order chi connectivity index (χ0) is 15.2. The molecule has 0 bridgehead atoms. The number of aromatic nitrogens is 3. The van der Waals surface area contributed by atoms with Crippen molar-refractivity contribution >= 4 is 11.0 Å². The van der Waals surface area contributed by atoms with Crippen molar-refractivity contribution in [1.29, 1.82) is 0 Å². The van der Waals surface area contributed by atoms with Crippen LogP contribution < -0.4 is 10.5 Å². The minimum Gasteiger partial charge on any atom is -0.490 e. The lowest BCUT2D eigenvalue weighted by Gasteiger charge is -2.11. The van der Waals surface area contributed by atoms with Crippen molar-refractivity contribution in [2.45, 2.75) is 18.4 Å². The van der Waals surface area contributed by atoms with Gasteiger partial charge in [-0.05, 0) is 25.0 Å². The van der Waals surface area contributed by atoms with Crippen LogP contribution in [0.2, 0.25) is 0 Å². The number of rotatable bonds is 4. The summed E-state index contributed by atoms with van der Waals surface area (Å²) >= 11 is 0. The van der Waals surface area contributed by atoms with E-state index in [9.17, 15) is 4.39 Å². The Morgan fingerprint density at radius 3 is 3.00 bits per heavy atom. The molecule has 0 radical (unpaired) electrons. The Morgan fingerprint density at radius 1 is 1.36 bits per heavy atom. The summed E-state index contributed by atoms with van der Waals surface area (Å²) in [6.45, 7) is 0.393. The molecular formula is C16H15FN4O. The van der Waals surface area contributed by atoms with Gasteiger partial charge in [0.1, 0.15) is 23.7 Å². The molecule has 4 rings (SSSR count). The Kier molecular flexibility index (Phi) is 2.87. The van der Waals surface area contributed by atoms with Gasteiger partial charge in [0.2, 0.25) is 0 Å². The van der Waals surface area contributed by atoms with Gasteiger partial charge >= 0.3 is 0 Å². The van der Waals surface area contributed by atoms with Crippen molar-refractivity contribution < 1.29 is 9.13 Å². The number of halogens is 1. The largest absolute Gasteiger partial charge is 0.490 e. The third-order valence-corrected chi connectivity index (χ3v) is 3.94. The Hall–Kier alpha value is -2.47. The van der Waals surface area contributed by atoms with Gasteiger partial charge in [-0.15, -0.1) is 0 Å². The Bertz CT molecular complexity index is 841. The minimum atomic E-state index is -0.427. The van der Waals surface area contributed by atoms with Gasteiger partial charge in [0.15, 0.2) is 5.82 Å². The molecule has 0 spiro atoms. The van der Waals surface area contributed by atoms with Gasteiger partial charge in [0, 0.05) is 29.4 Å². The van der Waals surface area contributed by atoms with E-state index in [0.717, 1.165) is 18.2 Å². The van der Waals surface area contributed by atoms with Crippen molar-refractivity contribution in [3.05, 3.63) is 42.6 Å². The molecule has 3 aromatic rings. The van der Waals surface area contributed by atoms with E-state index < -0.39 is 5.82 Å². The molecule has 1 saturated carbocycles. The molecule has 5 nitrogen and oxygen atoms in total. The van der Waals surface area contributed by atoms with E-state index in [1.165, 1.54) is 12.3 Å². The fourth-order valence-electron chi connectivity index (χ4n) is 2.38. The highest BCUT2D eigenvalue weighted by atomic mass is 19.1. The highest BCUT2D eigenvalue weighted by Crippen LogP contribution is 2.33. The van der Waals surface area contributed by atoms with Crippen molar-refractivity contribution in [2.75, 3.05) is 6.61 Å². The zero-order valence-corrected chi connectivity index (χ0v) is 11.8. The molecule has 0 aliphatic heterocycles. The fourth-order valence-corrected chi connectivity index (χ4v) is 2.38. The predicted molar refractivity (Wildman–Crippen MR) is 80.9 cm³/mol. The third kappa shape index (κ3) is 2.31. The van der Waals surface area contributed by atoms with Crippen molar-refractivity contribution in [2.24, 2.45) is 5.73 Å². The van der Waals surface area contributed by atoms with E-state index in [-0.39, 0.29) is 11.2 Å². The molecule has 1 fully saturated rings. The number of hydrogen-bond acceptors (Lipinski definition) is 4. The number of hydrogen-bond donors (Lipinski definition) is 2. The molecule has 6 heteroatoms. The Labute approximate surface area is 126 Å². The quantitative estimate of drug-likeness (QED) is 0.776. The zero-order valence-electron chi connectivity index (χ0n) is 11.8. The maximum absolute atomic E-state index is 14.4. The van der Waals surface area contributed by atoms with Gasteiger partial charge in [0.05, 0.1) is 11.7 Å². The molecule has 1 aliphatic carbocycles. The van der Waals surface area contributed by atoms with Crippen molar-refractivity contribution in [3.8, 4) is 17.0 Å². The fraction of sp³-hybridized carbons (Fsp3) is 0.250. The van der Waals surface area contributed by atoms with Crippen LogP contribution in [0.25, 0.3) is 22.3 Å². The second-order valence-electron chi connectivity index (χ2n) is 5.75. The number of pyridine rings is 2. The van der Waals surface area contributed by atoms with Crippen LogP contribution >= 0.6 is 0 Å². The summed E-state index contributed by atoms with van der Waals surface area (Å²) in [7, 11) is 0. The van der Waals surface area contributed by atoms with E-state index in [1.807, 2.05) is 12.1 Å². The van der Waals surface area contributed by atoms with E-state index in [4.69, 9.17) is 10.5 Å². The van der Waals surface area contributed by atoms with Crippen LogP contribution in [0, 0.1) is 5.82 Å². The number of nitrogens with one attached hydrogen (secondary N) is 1. The molecule has 1 aliphatic rings. The first-order valence-corrected chi connectivity index (χ1v) is 7.14. The average Bonchev–Trinajstić information content (AvgIpc) is 3.11. The second kappa shape index (κ2) is 4.78. The average molecular weight is 298 g/mol.